The molecule has 1 amide bonds. The largest absolute Gasteiger partial charge is 0.497 e. The first-order chi connectivity index (χ1) is 16.1. The summed E-state index contributed by atoms with van der Waals surface area (Å²) in [5.74, 6) is 0.111. The van der Waals surface area contributed by atoms with Crippen LogP contribution in [0.15, 0.2) is 82.5 Å². The van der Waals surface area contributed by atoms with Gasteiger partial charge >= 0.3 is 5.97 Å². The molecule has 0 saturated heterocycles. The van der Waals surface area contributed by atoms with Gasteiger partial charge in [-0.25, -0.2) is 5.01 Å². The van der Waals surface area contributed by atoms with Crippen LogP contribution in [0.3, 0.4) is 0 Å². The summed E-state index contributed by atoms with van der Waals surface area (Å²) >= 11 is 0. The fraction of sp³-hybridized carbons (Fsp3) is 0.269. The molecule has 0 aliphatic carbocycles. The second kappa shape index (κ2) is 10.2. The first kappa shape index (κ1) is 22.3. The second-order valence-corrected chi connectivity index (χ2v) is 7.73. The number of methoxy groups -OCH3 is 1. The normalized spacial score (nSPS) is 16.2. The SMILES string of the molecule is CCC(C(=O)OCC(=O)N1N=C(c2ccc(OC)cc2)CC1c1ccco1)c1ccccc1. The van der Waals surface area contributed by atoms with Crippen molar-refractivity contribution in [3.05, 3.63) is 89.9 Å². The molecule has 2 aromatic carbocycles. The maximum Gasteiger partial charge on any atom is 0.313 e. The van der Waals surface area contributed by atoms with Crippen molar-refractivity contribution in [1.82, 2.24) is 5.01 Å². The lowest BCUT2D eigenvalue weighted by molar-refractivity contribution is -0.154. The van der Waals surface area contributed by atoms with E-state index in [9.17, 15) is 9.59 Å². The van der Waals surface area contributed by atoms with E-state index in [2.05, 4.69) is 5.10 Å². The number of hydrogen-bond acceptors (Lipinski definition) is 6. The number of benzene rings is 2. The van der Waals surface area contributed by atoms with Crippen LogP contribution in [0, 0.1) is 0 Å². The number of nitrogens with zero attached hydrogens (tertiary/aromatic N) is 2. The van der Waals surface area contributed by atoms with Crippen LogP contribution in [0.5, 0.6) is 5.75 Å². The summed E-state index contributed by atoms with van der Waals surface area (Å²) in [5.41, 5.74) is 2.50. The summed E-state index contributed by atoms with van der Waals surface area (Å²) in [5, 5.41) is 5.92. The lowest BCUT2D eigenvalue weighted by atomic mass is 9.97. The number of hydrogen-bond donors (Lipinski definition) is 0. The van der Waals surface area contributed by atoms with Crippen LogP contribution in [0.4, 0.5) is 0 Å². The highest BCUT2D eigenvalue weighted by Gasteiger charge is 2.35. The van der Waals surface area contributed by atoms with Gasteiger partial charge in [0.15, 0.2) is 6.61 Å². The van der Waals surface area contributed by atoms with E-state index in [0.29, 0.717) is 18.6 Å². The summed E-state index contributed by atoms with van der Waals surface area (Å²) in [7, 11) is 1.61. The second-order valence-electron chi connectivity index (χ2n) is 7.73. The zero-order valence-electron chi connectivity index (χ0n) is 18.6. The number of carbonyl (C=O) groups excluding carboxylic acids is 2. The molecule has 3 aromatic rings. The monoisotopic (exact) mass is 446 g/mol. The number of amides is 1. The standard InChI is InChI=1S/C26H26N2O5/c1-3-21(18-8-5-4-6-9-18)26(30)33-17-25(29)28-23(24-10-7-15-32-24)16-22(27-28)19-11-13-20(31-2)14-12-19/h4-15,21,23H,3,16-17H2,1-2H3. The maximum absolute atomic E-state index is 13.1. The minimum absolute atomic E-state index is 0.390. The van der Waals surface area contributed by atoms with Gasteiger partial charge in [-0.15, -0.1) is 0 Å². The third kappa shape index (κ3) is 4.98. The maximum atomic E-state index is 13.1. The van der Waals surface area contributed by atoms with E-state index in [1.807, 2.05) is 67.6 Å². The van der Waals surface area contributed by atoms with E-state index < -0.39 is 30.4 Å². The van der Waals surface area contributed by atoms with E-state index in [-0.39, 0.29) is 0 Å². The summed E-state index contributed by atoms with van der Waals surface area (Å²) < 4.78 is 16.2. The Kier molecular flexibility index (Phi) is 6.88. The predicted molar refractivity (Wildman–Crippen MR) is 123 cm³/mol. The quantitative estimate of drug-likeness (QED) is 0.469. The number of rotatable bonds is 8. The molecule has 0 bridgehead atoms. The van der Waals surface area contributed by atoms with Gasteiger partial charge in [-0.1, -0.05) is 37.3 Å². The molecule has 1 aromatic heterocycles. The van der Waals surface area contributed by atoms with Gasteiger partial charge in [-0.2, -0.15) is 5.10 Å². The van der Waals surface area contributed by atoms with Crippen molar-refractivity contribution in [3.63, 3.8) is 0 Å². The van der Waals surface area contributed by atoms with Crippen molar-refractivity contribution < 1.29 is 23.5 Å². The Morgan fingerprint density at radius 1 is 1.09 bits per heavy atom. The molecule has 2 heterocycles. The van der Waals surface area contributed by atoms with Crippen LogP contribution in [0.1, 0.15) is 48.6 Å². The number of ether oxygens (including phenoxy) is 2. The number of hydrazone groups is 1. The molecule has 0 saturated carbocycles. The molecule has 170 valence electrons. The van der Waals surface area contributed by atoms with Gasteiger partial charge in [0.1, 0.15) is 17.6 Å². The molecule has 7 nitrogen and oxygen atoms in total. The average Bonchev–Trinajstić information content (AvgIpc) is 3.54. The summed E-state index contributed by atoms with van der Waals surface area (Å²) in [6, 6.07) is 20.1. The Labute approximate surface area is 192 Å². The average molecular weight is 447 g/mol. The van der Waals surface area contributed by atoms with Gasteiger partial charge < -0.3 is 13.9 Å². The van der Waals surface area contributed by atoms with Crippen molar-refractivity contribution in [2.24, 2.45) is 5.10 Å². The van der Waals surface area contributed by atoms with E-state index in [4.69, 9.17) is 13.9 Å². The number of esters is 1. The highest BCUT2D eigenvalue weighted by atomic mass is 16.5. The number of furan rings is 1. The minimum Gasteiger partial charge on any atom is -0.497 e. The van der Waals surface area contributed by atoms with Crippen molar-refractivity contribution in [2.75, 3.05) is 13.7 Å². The topological polar surface area (TPSA) is 81.3 Å². The van der Waals surface area contributed by atoms with Gasteiger partial charge in [0.25, 0.3) is 5.91 Å². The third-order valence-electron chi connectivity index (χ3n) is 5.69. The summed E-state index contributed by atoms with van der Waals surface area (Å²) in [4.78, 5) is 25.8. The fourth-order valence-electron chi connectivity index (χ4n) is 3.92. The molecule has 1 aliphatic rings. The Hall–Kier alpha value is -3.87. The summed E-state index contributed by atoms with van der Waals surface area (Å²) in [6.45, 7) is 1.53. The van der Waals surface area contributed by atoms with Crippen LogP contribution in [0.2, 0.25) is 0 Å². The van der Waals surface area contributed by atoms with Gasteiger partial charge in [-0.05, 0) is 53.9 Å². The summed E-state index contributed by atoms with van der Waals surface area (Å²) in [6.07, 6.45) is 2.63. The van der Waals surface area contributed by atoms with Crippen molar-refractivity contribution in [2.45, 2.75) is 31.7 Å². The molecule has 4 rings (SSSR count). The van der Waals surface area contributed by atoms with E-state index in [1.165, 1.54) is 5.01 Å². The highest BCUT2D eigenvalue weighted by molar-refractivity contribution is 6.03. The zero-order valence-corrected chi connectivity index (χ0v) is 18.6. The van der Waals surface area contributed by atoms with Gasteiger partial charge in [0.05, 0.1) is 25.0 Å². The molecular weight excluding hydrogens is 420 g/mol. The predicted octanol–water partition coefficient (Wildman–Crippen LogP) is 4.70. The van der Waals surface area contributed by atoms with Gasteiger partial charge in [-0.3, -0.25) is 9.59 Å². The molecule has 0 N–H and O–H groups in total. The minimum atomic E-state index is -0.426. The smallest absolute Gasteiger partial charge is 0.313 e. The lowest BCUT2D eigenvalue weighted by Gasteiger charge is -2.20. The van der Waals surface area contributed by atoms with Crippen LogP contribution in [-0.2, 0) is 14.3 Å². The molecule has 2 atom stereocenters. The van der Waals surface area contributed by atoms with Crippen molar-refractivity contribution in [3.8, 4) is 5.75 Å². The number of carbonyl (C=O) groups is 2. The van der Waals surface area contributed by atoms with Gasteiger partial charge in [0, 0.05) is 6.42 Å². The molecule has 2 unspecified atom stereocenters. The third-order valence-corrected chi connectivity index (χ3v) is 5.69. The lowest BCUT2D eigenvalue weighted by Crippen LogP contribution is -2.32. The first-order valence-corrected chi connectivity index (χ1v) is 10.9. The van der Waals surface area contributed by atoms with Gasteiger partial charge in [0.2, 0.25) is 0 Å². The van der Waals surface area contributed by atoms with Crippen LogP contribution < -0.4 is 4.74 Å². The zero-order chi connectivity index (χ0) is 23.2. The molecule has 0 spiro atoms. The fourth-order valence-corrected chi connectivity index (χ4v) is 3.92. The molecule has 33 heavy (non-hydrogen) atoms. The van der Waals surface area contributed by atoms with Crippen molar-refractivity contribution in [1.29, 1.82) is 0 Å². The molecular formula is C26H26N2O5. The Morgan fingerprint density at radius 2 is 1.85 bits per heavy atom. The molecule has 7 heteroatoms. The first-order valence-electron chi connectivity index (χ1n) is 10.9. The molecule has 0 radical (unpaired) electrons. The Morgan fingerprint density at radius 3 is 2.48 bits per heavy atom. The van der Waals surface area contributed by atoms with Crippen LogP contribution in [0.25, 0.3) is 0 Å². The molecule has 0 fully saturated rings. The van der Waals surface area contributed by atoms with Crippen molar-refractivity contribution >= 4 is 17.6 Å². The van der Waals surface area contributed by atoms with E-state index >= 15 is 0 Å². The Balaban J connectivity index is 1.49. The van der Waals surface area contributed by atoms with E-state index in [1.54, 1.807) is 19.4 Å². The van der Waals surface area contributed by atoms with Crippen LogP contribution in [-0.4, -0.2) is 36.3 Å². The highest BCUT2D eigenvalue weighted by Crippen LogP contribution is 2.33. The van der Waals surface area contributed by atoms with E-state index in [0.717, 1.165) is 22.6 Å². The Bertz CT molecular complexity index is 1110. The molecule has 1 aliphatic heterocycles. The van der Waals surface area contributed by atoms with Crippen LogP contribution >= 0.6 is 0 Å².